The van der Waals surface area contributed by atoms with Crippen LogP contribution >= 0.6 is 0 Å². The summed E-state index contributed by atoms with van der Waals surface area (Å²) in [6, 6.07) is 11.9. The highest BCUT2D eigenvalue weighted by Crippen LogP contribution is 2.31. The molecule has 0 spiro atoms. The van der Waals surface area contributed by atoms with Gasteiger partial charge in [-0.05, 0) is 53.6 Å². The molecule has 2 aromatic carbocycles. The molecule has 0 aliphatic carbocycles. The van der Waals surface area contributed by atoms with Gasteiger partial charge in [-0.1, -0.05) is 12.1 Å². The third kappa shape index (κ3) is 3.19. The van der Waals surface area contributed by atoms with E-state index in [0.717, 1.165) is 16.7 Å². The van der Waals surface area contributed by atoms with Crippen molar-refractivity contribution in [2.45, 2.75) is 6.61 Å². The molecule has 0 saturated heterocycles. The molecule has 3 aromatic rings. The average molecular weight is 352 g/mol. The maximum absolute atomic E-state index is 13.2. The molecule has 0 radical (unpaired) electrons. The number of benzene rings is 2. The fourth-order valence-corrected chi connectivity index (χ4v) is 2.97. The summed E-state index contributed by atoms with van der Waals surface area (Å²) >= 11 is 0. The predicted octanol–water partition coefficient (Wildman–Crippen LogP) is 3.79. The number of H-pyrrole nitrogens is 1. The number of nitrogens with zero attached hydrogens (tertiary/aromatic N) is 1. The molecule has 4 rings (SSSR count). The number of ether oxygens (including phenoxy) is 1. The maximum atomic E-state index is 13.2. The molecule has 0 atom stereocenters. The smallest absolute Gasteiger partial charge is 0.345 e. The first kappa shape index (κ1) is 16.4. The summed E-state index contributed by atoms with van der Waals surface area (Å²) in [6.45, 7) is 0.580. The van der Waals surface area contributed by atoms with E-state index in [1.807, 2.05) is 6.08 Å². The van der Waals surface area contributed by atoms with Crippen LogP contribution in [0.1, 0.15) is 16.8 Å². The fourth-order valence-electron chi connectivity index (χ4n) is 2.97. The third-order valence-corrected chi connectivity index (χ3v) is 4.18. The van der Waals surface area contributed by atoms with E-state index in [2.05, 4.69) is 9.97 Å². The normalized spacial score (nSPS) is 15.1. The van der Waals surface area contributed by atoms with Crippen LogP contribution in [0.5, 0.6) is 0 Å². The Labute approximate surface area is 147 Å². The van der Waals surface area contributed by atoms with Crippen LogP contribution in [0.15, 0.2) is 53.3 Å². The Hall–Kier alpha value is -3.12. The fraction of sp³-hybridized carbons (Fsp3) is 0.100. The topological polar surface area (TPSA) is 55.0 Å². The minimum Gasteiger partial charge on any atom is -0.372 e. The van der Waals surface area contributed by atoms with Crippen molar-refractivity contribution in [1.82, 2.24) is 9.97 Å². The van der Waals surface area contributed by atoms with Crippen molar-refractivity contribution < 1.29 is 13.5 Å². The molecule has 0 amide bonds. The van der Waals surface area contributed by atoms with E-state index in [-0.39, 0.29) is 18.2 Å². The van der Waals surface area contributed by atoms with Crippen molar-refractivity contribution in [3.8, 4) is 11.3 Å². The zero-order chi connectivity index (χ0) is 18.1. The molecule has 4 nitrogen and oxygen atoms in total. The maximum Gasteiger partial charge on any atom is 0.345 e. The van der Waals surface area contributed by atoms with Crippen LogP contribution in [0.3, 0.4) is 0 Å². The quantitative estimate of drug-likeness (QED) is 0.764. The first-order chi connectivity index (χ1) is 12.6. The number of rotatable bonds is 2. The summed E-state index contributed by atoms with van der Waals surface area (Å²) in [5.41, 5.74) is 3.53. The van der Waals surface area contributed by atoms with Crippen molar-refractivity contribution in [1.29, 1.82) is 0 Å². The summed E-state index contributed by atoms with van der Waals surface area (Å²) < 4.78 is 32.0. The van der Waals surface area contributed by atoms with Crippen LogP contribution in [0, 0.1) is 11.6 Å². The Bertz CT molecular complexity index is 1040. The Kier molecular flexibility index (Phi) is 4.18. The molecule has 26 heavy (non-hydrogen) atoms. The molecule has 6 heteroatoms. The summed E-state index contributed by atoms with van der Waals surface area (Å²) in [7, 11) is 0. The monoisotopic (exact) mass is 352 g/mol. The van der Waals surface area contributed by atoms with Crippen LogP contribution in [-0.2, 0) is 11.3 Å². The second-order valence-electron chi connectivity index (χ2n) is 5.96. The Morgan fingerprint density at radius 3 is 2.31 bits per heavy atom. The second-order valence-corrected chi connectivity index (χ2v) is 5.96. The number of fused-ring (bicyclic) bond motifs is 1. The van der Waals surface area contributed by atoms with E-state index in [1.165, 1.54) is 24.3 Å². The van der Waals surface area contributed by atoms with Crippen LogP contribution in [-0.4, -0.2) is 16.6 Å². The molecule has 1 aliphatic rings. The van der Waals surface area contributed by atoms with Gasteiger partial charge in [0.2, 0.25) is 0 Å². The highest BCUT2D eigenvalue weighted by Gasteiger charge is 2.21. The lowest BCUT2D eigenvalue weighted by Gasteiger charge is -2.21. The Morgan fingerprint density at radius 2 is 1.62 bits per heavy atom. The van der Waals surface area contributed by atoms with Gasteiger partial charge in [-0.25, -0.2) is 13.6 Å². The average Bonchev–Trinajstić information content (AvgIpc) is 2.64. The number of aromatic amines is 1. The lowest BCUT2D eigenvalue weighted by atomic mass is 9.98. The van der Waals surface area contributed by atoms with Gasteiger partial charge in [0.15, 0.2) is 0 Å². The van der Waals surface area contributed by atoms with Crippen molar-refractivity contribution >= 4 is 11.6 Å². The van der Waals surface area contributed by atoms with E-state index in [1.54, 1.807) is 24.3 Å². The predicted molar refractivity (Wildman–Crippen MR) is 94.2 cm³/mol. The van der Waals surface area contributed by atoms with Crippen LogP contribution in [0.25, 0.3) is 22.9 Å². The van der Waals surface area contributed by atoms with Gasteiger partial charge in [-0.3, -0.25) is 0 Å². The Balaban J connectivity index is 1.85. The van der Waals surface area contributed by atoms with E-state index < -0.39 is 5.69 Å². The largest absolute Gasteiger partial charge is 0.372 e. The first-order valence-electron chi connectivity index (χ1n) is 8.03. The van der Waals surface area contributed by atoms with Crippen LogP contribution in [0.2, 0.25) is 0 Å². The highest BCUT2D eigenvalue weighted by atomic mass is 19.1. The number of hydrogen-bond donors (Lipinski definition) is 1. The molecule has 0 saturated carbocycles. The van der Waals surface area contributed by atoms with Crippen molar-refractivity contribution in [2.24, 2.45) is 0 Å². The van der Waals surface area contributed by atoms with Crippen LogP contribution < -0.4 is 5.69 Å². The molecular weight excluding hydrogens is 338 g/mol. The van der Waals surface area contributed by atoms with Gasteiger partial charge < -0.3 is 9.72 Å². The number of aromatic nitrogens is 2. The standard InChI is InChI=1S/C20H14F2N2O2/c21-15-5-1-12(2-6-15)9-14-10-26-11-17-18(23-20(25)24-19(14)17)13-3-7-16(22)8-4-13/h1-9H,10-11H2,(H,23,24,25)/b14-9-. The van der Waals surface area contributed by atoms with Crippen molar-refractivity contribution in [3.05, 3.63) is 87.5 Å². The molecule has 0 fully saturated rings. The van der Waals surface area contributed by atoms with Crippen molar-refractivity contribution in [3.63, 3.8) is 0 Å². The number of halogens is 2. The molecule has 1 aromatic heterocycles. The number of hydrogen-bond acceptors (Lipinski definition) is 3. The second kappa shape index (κ2) is 6.65. The lowest BCUT2D eigenvalue weighted by Crippen LogP contribution is -2.21. The third-order valence-electron chi connectivity index (χ3n) is 4.18. The zero-order valence-corrected chi connectivity index (χ0v) is 13.6. The molecule has 0 bridgehead atoms. The molecule has 1 N–H and O–H groups in total. The molecular formula is C20H14F2N2O2. The van der Waals surface area contributed by atoms with Crippen molar-refractivity contribution in [2.75, 3.05) is 6.61 Å². The molecule has 130 valence electrons. The molecule has 1 aliphatic heterocycles. The zero-order valence-electron chi connectivity index (χ0n) is 13.6. The van der Waals surface area contributed by atoms with Gasteiger partial charge in [0, 0.05) is 11.1 Å². The van der Waals surface area contributed by atoms with Gasteiger partial charge in [0.25, 0.3) is 0 Å². The van der Waals surface area contributed by atoms with E-state index >= 15 is 0 Å². The summed E-state index contributed by atoms with van der Waals surface area (Å²) in [6.07, 6.45) is 1.82. The van der Waals surface area contributed by atoms with Gasteiger partial charge >= 0.3 is 5.69 Å². The summed E-state index contributed by atoms with van der Waals surface area (Å²) in [5.74, 6) is -0.673. The summed E-state index contributed by atoms with van der Waals surface area (Å²) in [4.78, 5) is 18.9. The van der Waals surface area contributed by atoms with E-state index in [4.69, 9.17) is 4.74 Å². The van der Waals surface area contributed by atoms with Gasteiger partial charge in [0.05, 0.1) is 24.6 Å². The van der Waals surface area contributed by atoms with Gasteiger partial charge in [-0.15, -0.1) is 0 Å². The minimum atomic E-state index is -0.491. The van der Waals surface area contributed by atoms with Gasteiger partial charge in [0.1, 0.15) is 11.6 Å². The van der Waals surface area contributed by atoms with Crippen LogP contribution in [0.4, 0.5) is 8.78 Å². The molecule has 2 heterocycles. The SMILES string of the molecule is O=c1nc2c(c(-c3ccc(F)cc3)[nH]1)COC/C2=C/c1ccc(F)cc1. The highest BCUT2D eigenvalue weighted by molar-refractivity contribution is 5.84. The summed E-state index contributed by atoms with van der Waals surface area (Å²) in [5, 5.41) is 0. The first-order valence-corrected chi connectivity index (χ1v) is 8.03. The minimum absolute atomic E-state index is 0.284. The van der Waals surface area contributed by atoms with Gasteiger partial charge in [-0.2, -0.15) is 4.98 Å². The van der Waals surface area contributed by atoms with E-state index in [0.29, 0.717) is 23.6 Å². The van der Waals surface area contributed by atoms with E-state index in [9.17, 15) is 13.6 Å². The lowest BCUT2D eigenvalue weighted by molar-refractivity contribution is 0.146. The Morgan fingerprint density at radius 1 is 0.962 bits per heavy atom. The number of nitrogens with one attached hydrogen (secondary N) is 1. The molecule has 0 unspecified atom stereocenters.